The lowest BCUT2D eigenvalue weighted by atomic mass is 10.0. The first kappa shape index (κ1) is 16.4. The Morgan fingerprint density at radius 2 is 2.10 bits per heavy atom. The standard InChI is InChI=1S/C13H27N7/c1-7-14-12(16-9-13(2,3)19(4)5)15-8-11-17-10-18-20(11)6/h10H,7-9H2,1-6H3,(H2,14,15,16). The minimum absolute atomic E-state index is 0.0565. The summed E-state index contributed by atoms with van der Waals surface area (Å²) < 4.78 is 1.73. The highest BCUT2D eigenvalue weighted by Crippen LogP contribution is 2.07. The molecule has 0 aromatic carbocycles. The molecule has 0 radical (unpaired) electrons. The average Bonchev–Trinajstić information content (AvgIpc) is 2.78. The van der Waals surface area contributed by atoms with Crippen LogP contribution < -0.4 is 10.6 Å². The van der Waals surface area contributed by atoms with E-state index in [1.165, 1.54) is 0 Å². The Balaban J connectivity index is 2.62. The van der Waals surface area contributed by atoms with Gasteiger partial charge in [-0.05, 0) is 34.9 Å². The molecule has 1 aromatic heterocycles. The molecule has 2 N–H and O–H groups in total. The predicted molar refractivity (Wildman–Crippen MR) is 81.6 cm³/mol. The fraction of sp³-hybridized carbons (Fsp3) is 0.769. The number of aliphatic imine (C=N–C) groups is 1. The van der Waals surface area contributed by atoms with Crippen molar-refractivity contribution in [1.82, 2.24) is 30.3 Å². The van der Waals surface area contributed by atoms with Crippen LogP contribution in [0, 0.1) is 0 Å². The number of likely N-dealkylation sites (N-methyl/N-ethyl adjacent to an activating group) is 1. The maximum atomic E-state index is 4.53. The molecule has 0 amide bonds. The number of hydrogen-bond donors (Lipinski definition) is 2. The summed E-state index contributed by atoms with van der Waals surface area (Å²) in [6.07, 6.45) is 1.54. The largest absolute Gasteiger partial charge is 0.357 e. The van der Waals surface area contributed by atoms with E-state index in [-0.39, 0.29) is 5.54 Å². The van der Waals surface area contributed by atoms with Crippen molar-refractivity contribution in [2.75, 3.05) is 27.2 Å². The lowest BCUT2D eigenvalue weighted by molar-refractivity contribution is 0.197. The molecule has 0 bridgehead atoms. The number of aryl methyl sites for hydroxylation is 1. The van der Waals surface area contributed by atoms with Gasteiger partial charge < -0.3 is 15.5 Å². The van der Waals surface area contributed by atoms with Crippen LogP contribution in [0.5, 0.6) is 0 Å². The van der Waals surface area contributed by atoms with E-state index < -0.39 is 0 Å². The van der Waals surface area contributed by atoms with Gasteiger partial charge in [-0.15, -0.1) is 0 Å². The van der Waals surface area contributed by atoms with Crippen LogP contribution in [-0.2, 0) is 13.6 Å². The van der Waals surface area contributed by atoms with Crippen LogP contribution in [0.25, 0.3) is 0 Å². The quantitative estimate of drug-likeness (QED) is 0.576. The fourth-order valence-electron chi connectivity index (χ4n) is 1.41. The molecule has 0 saturated carbocycles. The summed E-state index contributed by atoms with van der Waals surface area (Å²) in [4.78, 5) is 10.9. The van der Waals surface area contributed by atoms with Crippen molar-refractivity contribution in [3.8, 4) is 0 Å². The molecule has 20 heavy (non-hydrogen) atoms. The number of guanidine groups is 1. The first-order valence-corrected chi connectivity index (χ1v) is 6.89. The minimum Gasteiger partial charge on any atom is -0.357 e. The highest BCUT2D eigenvalue weighted by atomic mass is 15.3. The van der Waals surface area contributed by atoms with Gasteiger partial charge in [0.05, 0.1) is 0 Å². The molecule has 1 heterocycles. The number of hydrogen-bond acceptors (Lipinski definition) is 4. The Hall–Kier alpha value is -1.63. The third kappa shape index (κ3) is 4.80. The number of rotatable bonds is 6. The van der Waals surface area contributed by atoms with Gasteiger partial charge in [0.1, 0.15) is 18.7 Å². The molecule has 0 atom stereocenters. The fourth-order valence-corrected chi connectivity index (χ4v) is 1.41. The zero-order valence-corrected chi connectivity index (χ0v) is 13.4. The molecular weight excluding hydrogens is 254 g/mol. The van der Waals surface area contributed by atoms with Crippen molar-refractivity contribution >= 4 is 5.96 Å². The molecule has 0 aliphatic heterocycles. The normalized spacial score (nSPS) is 12.8. The molecule has 0 spiro atoms. The zero-order valence-electron chi connectivity index (χ0n) is 13.4. The van der Waals surface area contributed by atoms with E-state index in [0.29, 0.717) is 6.54 Å². The van der Waals surface area contributed by atoms with Crippen LogP contribution in [0.15, 0.2) is 11.3 Å². The third-order valence-corrected chi connectivity index (χ3v) is 3.43. The molecule has 7 heteroatoms. The summed E-state index contributed by atoms with van der Waals surface area (Å²) >= 11 is 0. The van der Waals surface area contributed by atoms with Crippen LogP contribution in [0.2, 0.25) is 0 Å². The van der Waals surface area contributed by atoms with Crippen molar-refractivity contribution < 1.29 is 0 Å². The van der Waals surface area contributed by atoms with Gasteiger partial charge >= 0.3 is 0 Å². The second-order valence-electron chi connectivity index (χ2n) is 5.56. The predicted octanol–water partition coefficient (Wildman–Crippen LogP) is 0.210. The maximum Gasteiger partial charge on any atom is 0.191 e. The summed E-state index contributed by atoms with van der Waals surface area (Å²) in [6.45, 7) is 8.57. The molecule has 0 unspecified atom stereocenters. The van der Waals surface area contributed by atoms with Gasteiger partial charge in [-0.25, -0.2) is 9.98 Å². The van der Waals surface area contributed by atoms with Gasteiger partial charge in [0.15, 0.2) is 5.96 Å². The smallest absolute Gasteiger partial charge is 0.191 e. The first-order chi connectivity index (χ1) is 9.36. The SMILES string of the molecule is CCNC(=NCc1ncnn1C)NCC(C)(C)N(C)C. The summed E-state index contributed by atoms with van der Waals surface area (Å²) in [6, 6.07) is 0. The van der Waals surface area contributed by atoms with Gasteiger partial charge in [0, 0.05) is 25.7 Å². The topological polar surface area (TPSA) is 70.4 Å². The molecular formula is C13H27N7. The van der Waals surface area contributed by atoms with Crippen molar-refractivity contribution in [2.24, 2.45) is 12.0 Å². The maximum absolute atomic E-state index is 4.53. The van der Waals surface area contributed by atoms with Crippen molar-refractivity contribution in [3.63, 3.8) is 0 Å². The molecule has 1 aromatic rings. The van der Waals surface area contributed by atoms with Crippen LogP contribution in [0.4, 0.5) is 0 Å². The van der Waals surface area contributed by atoms with Crippen LogP contribution in [-0.4, -0.2) is 58.3 Å². The highest BCUT2D eigenvalue weighted by Gasteiger charge is 2.20. The van der Waals surface area contributed by atoms with Gasteiger partial charge in [0.2, 0.25) is 0 Å². The molecule has 0 fully saturated rings. The van der Waals surface area contributed by atoms with Crippen LogP contribution in [0.3, 0.4) is 0 Å². The van der Waals surface area contributed by atoms with Crippen molar-refractivity contribution in [3.05, 3.63) is 12.2 Å². The number of aromatic nitrogens is 3. The van der Waals surface area contributed by atoms with E-state index in [0.717, 1.165) is 24.9 Å². The Morgan fingerprint density at radius 3 is 2.60 bits per heavy atom. The summed E-state index contributed by atoms with van der Waals surface area (Å²) in [7, 11) is 6.02. The second kappa shape index (κ2) is 7.23. The minimum atomic E-state index is 0.0565. The van der Waals surface area contributed by atoms with Crippen LogP contribution in [0.1, 0.15) is 26.6 Å². The van der Waals surface area contributed by atoms with E-state index in [4.69, 9.17) is 0 Å². The molecule has 0 aliphatic carbocycles. The van der Waals surface area contributed by atoms with Crippen LogP contribution >= 0.6 is 0 Å². The van der Waals surface area contributed by atoms with E-state index in [1.54, 1.807) is 11.0 Å². The van der Waals surface area contributed by atoms with Gasteiger partial charge in [-0.1, -0.05) is 0 Å². The van der Waals surface area contributed by atoms with E-state index >= 15 is 0 Å². The molecule has 7 nitrogen and oxygen atoms in total. The second-order valence-corrected chi connectivity index (χ2v) is 5.56. The zero-order chi connectivity index (χ0) is 15.2. The first-order valence-electron chi connectivity index (χ1n) is 6.89. The van der Waals surface area contributed by atoms with Crippen molar-refractivity contribution in [1.29, 1.82) is 0 Å². The Kier molecular flexibility index (Phi) is 5.94. The highest BCUT2D eigenvalue weighted by molar-refractivity contribution is 5.79. The summed E-state index contributed by atoms with van der Waals surface area (Å²) in [5.41, 5.74) is 0.0565. The third-order valence-electron chi connectivity index (χ3n) is 3.43. The Morgan fingerprint density at radius 1 is 1.40 bits per heavy atom. The van der Waals surface area contributed by atoms with Crippen molar-refractivity contribution in [2.45, 2.75) is 32.9 Å². The Bertz CT molecular complexity index is 434. The van der Waals surface area contributed by atoms with Gasteiger partial charge in [-0.3, -0.25) is 4.68 Å². The van der Waals surface area contributed by atoms with E-state index in [2.05, 4.69) is 65.5 Å². The van der Waals surface area contributed by atoms with Gasteiger partial charge in [0.25, 0.3) is 0 Å². The van der Waals surface area contributed by atoms with E-state index in [9.17, 15) is 0 Å². The summed E-state index contributed by atoms with van der Waals surface area (Å²) in [5.74, 6) is 1.64. The molecule has 114 valence electrons. The average molecular weight is 281 g/mol. The Labute approximate surface area is 121 Å². The molecule has 1 rings (SSSR count). The lowest BCUT2D eigenvalue weighted by Gasteiger charge is -2.33. The monoisotopic (exact) mass is 281 g/mol. The molecule has 0 saturated heterocycles. The summed E-state index contributed by atoms with van der Waals surface area (Å²) in [5, 5.41) is 10.6. The molecule has 0 aliphatic rings. The number of nitrogens with one attached hydrogen (secondary N) is 2. The van der Waals surface area contributed by atoms with E-state index in [1.807, 2.05) is 7.05 Å². The number of nitrogens with zero attached hydrogens (tertiary/aromatic N) is 5. The lowest BCUT2D eigenvalue weighted by Crippen LogP contribution is -2.50. The van der Waals surface area contributed by atoms with Gasteiger partial charge in [-0.2, -0.15) is 5.10 Å².